The molecule has 1 atom stereocenters. The maximum absolute atomic E-state index is 12.2. The molecule has 0 fully saturated rings. The van der Waals surface area contributed by atoms with Crippen LogP contribution in [0, 0.1) is 0 Å². The van der Waals surface area contributed by atoms with E-state index >= 15 is 0 Å². The molecule has 0 spiro atoms. The van der Waals surface area contributed by atoms with Gasteiger partial charge in [0.2, 0.25) is 17.8 Å². The predicted octanol–water partition coefficient (Wildman–Crippen LogP) is 3.14. The van der Waals surface area contributed by atoms with E-state index in [9.17, 15) is 9.59 Å². The van der Waals surface area contributed by atoms with Crippen molar-refractivity contribution in [1.29, 1.82) is 0 Å². The van der Waals surface area contributed by atoms with Crippen molar-refractivity contribution in [2.75, 3.05) is 6.61 Å². The normalized spacial score (nSPS) is 16.1. The highest BCUT2D eigenvalue weighted by Gasteiger charge is 2.23. The van der Waals surface area contributed by atoms with Crippen LogP contribution in [0.4, 0.5) is 0 Å². The first-order valence-corrected chi connectivity index (χ1v) is 9.58. The van der Waals surface area contributed by atoms with E-state index < -0.39 is 0 Å². The molecule has 3 rings (SSSR count). The van der Waals surface area contributed by atoms with Crippen LogP contribution in [0.25, 0.3) is 0 Å². The van der Waals surface area contributed by atoms with Gasteiger partial charge in [0.25, 0.3) is 0 Å². The van der Waals surface area contributed by atoms with Crippen LogP contribution in [-0.4, -0.2) is 24.4 Å². The van der Waals surface area contributed by atoms with E-state index in [1.807, 2.05) is 54.6 Å². The third-order valence-corrected chi connectivity index (χ3v) is 4.51. The van der Waals surface area contributed by atoms with Gasteiger partial charge in [0.15, 0.2) is 0 Å². The molecular weight excluding hydrogens is 354 g/mol. The Morgan fingerprint density at radius 1 is 1.18 bits per heavy atom. The fraction of sp³-hybridized carbons (Fsp3) is 0.318. The number of amides is 2. The summed E-state index contributed by atoms with van der Waals surface area (Å²) >= 11 is 0. The molecule has 0 aromatic heterocycles. The lowest BCUT2D eigenvalue weighted by Gasteiger charge is -2.21. The molecule has 0 unspecified atom stereocenters. The Hall–Kier alpha value is -3.15. The molecule has 1 aliphatic rings. The quantitative estimate of drug-likeness (QED) is 0.726. The van der Waals surface area contributed by atoms with Crippen LogP contribution >= 0.6 is 0 Å². The number of carbonyl (C=O) groups excluding carboxylic acids is 2. The van der Waals surface area contributed by atoms with Crippen molar-refractivity contribution >= 4 is 17.8 Å². The third-order valence-electron chi connectivity index (χ3n) is 4.51. The number of nitrogens with zero attached hydrogens (tertiary/aromatic N) is 1. The summed E-state index contributed by atoms with van der Waals surface area (Å²) < 4.78 is 5.58. The summed E-state index contributed by atoms with van der Waals surface area (Å²) in [5.41, 5.74) is 2.20. The first-order valence-electron chi connectivity index (χ1n) is 9.58. The van der Waals surface area contributed by atoms with E-state index in [0.29, 0.717) is 13.0 Å². The van der Waals surface area contributed by atoms with Gasteiger partial charge in [-0.1, -0.05) is 49.4 Å². The molecule has 0 saturated carbocycles. The lowest BCUT2D eigenvalue weighted by molar-refractivity contribution is -0.120. The van der Waals surface area contributed by atoms with Crippen LogP contribution in [0.1, 0.15) is 43.4 Å². The van der Waals surface area contributed by atoms with Crippen molar-refractivity contribution in [3.05, 3.63) is 65.7 Å². The lowest BCUT2D eigenvalue weighted by Crippen LogP contribution is -2.47. The molecule has 2 amide bonds. The van der Waals surface area contributed by atoms with Crippen molar-refractivity contribution in [1.82, 2.24) is 10.6 Å². The zero-order valence-corrected chi connectivity index (χ0v) is 16.0. The summed E-state index contributed by atoms with van der Waals surface area (Å²) in [7, 11) is 0. The van der Waals surface area contributed by atoms with Gasteiger partial charge >= 0.3 is 0 Å². The third kappa shape index (κ3) is 5.67. The van der Waals surface area contributed by atoms with Crippen molar-refractivity contribution in [2.24, 2.45) is 4.99 Å². The second-order valence-electron chi connectivity index (χ2n) is 6.65. The van der Waals surface area contributed by atoms with Crippen LogP contribution in [0.2, 0.25) is 0 Å². The van der Waals surface area contributed by atoms with Crippen molar-refractivity contribution in [2.45, 2.75) is 38.6 Å². The molecule has 6 nitrogen and oxygen atoms in total. The van der Waals surface area contributed by atoms with Crippen LogP contribution < -0.4 is 15.4 Å². The fourth-order valence-electron chi connectivity index (χ4n) is 2.96. The molecule has 0 radical (unpaired) electrons. The van der Waals surface area contributed by atoms with E-state index in [0.717, 1.165) is 17.7 Å². The number of benzene rings is 2. The zero-order chi connectivity index (χ0) is 19.8. The average molecular weight is 379 g/mol. The maximum Gasteiger partial charge on any atom is 0.229 e. The number of nitrogens with one attached hydrogen (secondary N) is 2. The van der Waals surface area contributed by atoms with Gasteiger partial charge in [0.1, 0.15) is 5.75 Å². The zero-order valence-electron chi connectivity index (χ0n) is 16.0. The summed E-state index contributed by atoms with van der Waals surface area (Å²) in [6.07, 6.45) is 2.10. The fourth-order valence-corrected chi connectivity index (χ4v) is 2.96. The Kier molecular flexibility index (Phi) is 6.78. The number of para-hydroxylation sites is 1. The second-order valence-corrected chi connectivity index (χ2v) is 6.65. The molecule has 2 aromatic rings. The molecule has 0 saturated heterocycles. The summed E-state index contributed by atoms with van der Waals surface area (Å²) in [5, 5.41) is 5.33. The summed E-state index contributed by atoms with van der Waals surface area (Å²) in [6, 6.07) is 17.3. The first kappa shape index (κ1) is 19.6. The monoisotopic (exact) mass is 379 g/mol. The van der Waals surface area contributed by atoms with E-state index in [-0.39, 0.29) is 36.7 Å². The molecule has 0 bridgehead atoms. The number of hydrogen-bond donors (Lipinski definition) is 2. The van der Waals surface area contributed by atoms with Gasteiger partial charge in [-0.15, -0.1) is 0 Å². The number of hydrogen-bond acceptors (Lipinski definition) is 4. The Bertz CT molecular complexity index is 832. The number of carbonyl (C=O) groups is 2. The van der Waals surface area contributed by atoms with Gasteiger partial charge in [0.05, 0.1) is 19.1 Å². The smallest absolute Gasteiger partial charge is 0.229 e. The summed E-state index contributed by atoms with van der Waals surface area (Å²) in [6.45, 7) is 2.54. The lowest BCUT2D eigenvalue weighted by atomic mass is 10.0. The Labute approximate surface area is 165 Å². The molecule has 0 aliphatic carbocycles. The van der Waals surface area contributed by atoms with E-state index in [1.54, 1.807) is 0 Å². The SMILES string of the molecule is CCc1ccc([C@@H]2CC(=O)NC(NC(=O)CCCOc3ccccc3)=N2)cc1. The molecular formula is C22H25N3O3. The van der Waals surface area contributed by atoms with Crippen LogP contribution in [0.3, 0.4) is 0 Å². The van der Waals surface area contributed by atoms with Gasteiger partial charge in [-0.3, -0.25) is 20.2 Å². The average Bonchev–Trinajstić information content (AvgIpc) is 2.71. The summed E-state index contributed by atoms with van der Waals surface area (Å²) in [4.78, 5) is 28.7. The van der Waals surface area contributed by atoms with Crippen LogP contribution in [0.15, 0.2) is 59.6 Å². The van der Waals surface area contributed by atoms with Crippen LogP contribution in [-0.2, 0) is 16.0 Å². The largest absolute Gasteiger partial charge is 0.494 e. The minimum absolute atomic E-state index is 0.151. The second kappa shape index (κ2) is 9.69. The highest BCUT2D eigenvalue weighted by molar-refractivity contribution is 6.06. The van der Waals surface area contributed by atoms with Crippen molar-refractivity contribution < 1.29 is 14.3 Å². The minimum atomic E-state index is -0.281. The number of ether oxygens (including phenoxy) is 1. The van der Waals surface area contributed by atoms with E-state index in [1.165, 1.54) is 5.56 Å². The number of aliphatic imine (C=N–C) groups is 1. The maximum atomic E-state index is 12.2. The molecule has 6 heteroatoms. The van der Waals surface area contributed by atoms with Gasteiger partial charge in [-0.05, 0) is 36.1 Å². The molecule has 1 aliphatic heterocycles. The van der Waals surface area contributed by atoms with Gasteiger partial charge in [0, 0.05) is 6.42 Å². The molecule has 2 N–H and O–H groups in total. The summed E-state index contributed by atoms with van der Waals surface area (Å²) in [5.74, 6) is 0.651. The number of aryl methyl sites for hydroxylation is 1. The Morgan fingerprint density at radius 3 is 2.64 bits per heavy atom. The highest BCUT2D eigenvalue weighted by atomic mass is 16.5. The van der Waals surface area contributed by atoms with Gasteiger partial charge in [-0.2, -0.15) is 0 Å². The Morgan fingerprint density at radius 2 is 1.93 bits per heavy atom. The van der Waals surface area contributed by atoms with Gasteiger partial charge < -0.3 is 4.74 Å². The van der Waals surface area contributed by atoms with Gasteiger partial charge in [-0.25, -0.2) is 4.99 Å². The molecule has 28 heavy (non-hydrogen) atoms. The highest BCUT2D eigenvalue weighted by Crippen LogP contribution is 2.24. The molecule has 2 aromatic carbocycles. The van der Waals surface area contributed by atoms with E-state index in [2.05, 4.69) is 22.5 Å². The number of guanidine groups is 1. The van der Waals surface area contributed by atoms with Crippen molar-refractivity contribution in [3.8, 4) is 5.75 Å². The van der Waals surface area contributed by atoms with E-state index in [4.69, 9.17) is 4.74 Å². The molecule has 1 heterocycles. The Balaban J connectivity index is 1.50. The molecule has 146 valence electrons. The van der Waals surface area contributed by atoms with Crippen LogP contribution in [0.5, 0.6) is 5.75 Å². The van der Waals surface area contributed by atoms with Crippen molar-refractivity contribution in [3.63, 3.8) is 0 Å². The number of rotatable bonds is 7. The minimum Gasteiger partial charge on any atom is -0.494 e. The first-order chi connectivity index (χ1) is 13.6. The topological polar surface area (TPSA) is 79.8 Å². The standard InChI is InChI=1S/C22H25N3O3/c1-2-16-10-12-17(13-11-16)19-15-21(27)25-22(23-19)24-20(26)9-6-14-28-18-7-4-3-5-8-18/h3-5,7-8,10-13,19H,2,6,9,14-15H2,1H3,(H2,23,24,25,26,27)/t19-/m0/s1. The predicted molar refractivity (Wildman–Crippen MR) is 108 cm³/mol.